The van der Waals surface area contributed by atoms with E-state index in [2.05, 4.69) is 33.2 Å². The molecule has 0 aliphatic heterocycles. The molecule has 0 bridgehead atoms. The maximum absolute atomic E-state index is 11.8. The molecule has 0 spiro atoms. The molecule has 2 aromatic rings. The van der Waals surface area contributed by atoms with E-state index < -0.39 is 11.8 Å². The third-order valence-corrected chi connectivity index (χ3v) is 3.48. The third-order valence-electron chi connectivity index (χ3n) is 2.43. The molecule has 4 nitrogen and oxygen atoms in total. The maximum atomic E-state index is 11.8. The van der Waals surface area contributed by atoms with Crippen molar-refractivity contribution in [2.24, 2.45) is 0 Å². The number of hydrogen-bond donors (Lipinski definition) is 2. The number of halogens is 2. The minimum atomic E-state index is -0.767. The van der Waals surface area contributed by atoms with Gasteiger partial charge in [-0.25, -0.2) is 0 Å². The number of carbonyl (C=O) groups is 2. The number of anilines is 2. The van der Waals surface area contributed by atoms with Crippen molar-refractivity contribution in [3.63, 3.8) is 0 Å². The number of para-hydroxylation sites is 1. The van der Waals surface area contributed by atoms with E-state index >= 15 is 0 Å². The summed E-state index contributed by atoms with van der Waals surface area (Å²) in [6.07, 6.45) is 0. The number of nitrogens with one attached hydrogen (secondary N) is 2. The van der Waals surface area contributed by atoms with Gasteiger partial charge in [0.25, 0.3) is 0 Å². The quantitative estimate of drug-likeness (QED) is 0.599. The fraction of sp³-hybridized carbons (Fsp3) is 0. The van der Waals surface area contributed by atoms with Crippen LogP contribution in [0.2, 0.25) is 5.02 Å². The summed E-state index contributed by atoms with van der Waals surface area (Å²) in [5.41, 5.74) is 0.960. The summed E-state index contributed by atoms with van der Waals surface area (Å²) in [5.74, 6) is -1.51. The van der Waals surface area contributed by atoms with Crippen molar-refractivity contribution in [3.8, 4) is 0 Å². The van der Waals surface area contributed by atoms with Gasteiger partial charge >= 0.3 is 11.8 Å². The number of amides is 2. The molecule has 6 heteroatoms. The molecule has 2 amide bonds. The van der Waals surface area contributed by atoms with Crippen LogP contribution in [0.1, 0.15) is 0 Å². The highest BCUT2D eigenvalue weighted by Gasteiger charge is 2.15. The lowest BCUT2D eigenvalue weighted by Crippen LogP contribution is -2.29. The minimum absolute atomic E-state index is 0.378. The average molecular weight is 401 g/mol. The van der Waals surface area contributed by atoms with E-state index in [0.717, 1.165) is 3.57 Å². The second kappa shape index (κ2) is 6.71. The second-order valence-corrected chi connectivity index (χ2v) is 5.55. The summed E-state index contributed by atoms with van der Waals surface area (Å²) in [5, 5.41) is 5.35. The lowest BCUT2D eigenvalue weighted by atomic mass is 10.3. The fourth-order valence-corrected chi connectivity index (χ4v) is 2.01. The molecule has 0 aliphatic rings. The van der Waals surface area contributed by atoms with Crippen molar-refractivity contribution in [2.45, 2.75) is 0 Å². The molecule has 2 rings (SSSR count). The van der Waals surface area contributed by atoms with E-state index in [1.165, 1.54) is 0 Å². The highest BCUT2D eigenvalue weighted by atomic mass is 127. The predicted molar refractivity (Wildman–Crippen MR) is 87.9 cm³/mol. The first kappa shape index (κ1) is 14.8. The highest BCUT2D eigenvalue weighted by molar-refractivity contribution is 14.1. The SMILES string of the molecule is O=C(Nc1ccc(I)cc1)C(=O)Nc1ccccc1Cl. The van der Waals surface area contributed by atoms with Crippen LogP contribution in [0.5, 0.6) is 0 Å². The van der Waals surface area contributed by atoms with Crippen molar-refractivity contribution >= 4 is 57.4 Å². The lowest BCUT2D eigenvalue weighted by Gasteiger charge is -2.07. The van der Waals surface area contributed by atoms with Gasteiger partial charge in [-0.3, -0.25) is 9.59 Å². The van der Waals surface area contributed by atoms with E-state index in [1.807, 2.05) is 12.1 Å². The number of rotatable bonds is 2. The van der Waals surface area contributed by atoms with Crippen molar-refractivity contribution in [3.05, 3.63) is 57.1 Å². The van der Waals surface area contributed by atoms with Crippen molar-refractivity contribution in [2.75, 3.05) is 10.6 Å². The second-order valence-electron chi connectivity index (χ2n) is 3.89. The molecule has 0 saturated carbocycles. The molecule has 2 N–H and O–H groups in total. The molecule has 0 aromatic heterocycles. The summed E-state index contributed by atoms with van der Waals surface area (Å²) in [7, 11) is 0. The Bertz CT molecular complexity index is 644. The van der Waals surface area contributed by atoms with E-state index in [-0.39, 0.29) is 0 Å². The number of hydrogen-bond acceptors (Lipinski definition) is 2. The topological polar surface area (TPSA) is 58.2 Å². The molecule has 0 saturated heterocycles. The molecule has 0 aliphatic carbocycles. The maximum Gasteiger partial charge on any atom is 0.314 e. The van der Waals surface area contributed by atoms with E-state index in [9.17, 15) is 9.59 Å². The molecule has 0 fully saturated rings. The molecule has 0 atom stereocenters. The van der Waals surface area contributed by atoms with Gasteiger partial charge in [0, 0.05) is 9.26 Å². The number of carbonyl (C=O) groups excluding carboxylic acids is 2. The van der Waals surface area contributed by atoms with Crippen LogP contribution >= 0.6 is 34.2 Å². The van der Waals surface area contributed by atoms with Crippen LogP contribution in [0.25, 0.3) is 0 Å². The van der Waals surface area contributed by atoms with E-state index in [0.29, 0.717) is 16.4 Å². The third kappa shape index (κ3) is 3.94. The predicted octanol–water partition coefficient (Wildman–Crippen LogP) is 3.52. The van der Waals surface area contributed by atoms with Crippen LogP contribution < -0.4 is 10.6 Å². The average Bonchev–Trinajstić information content (AvgIpc) is 2.44. The van der Waals surface area contributed by atoms with E-state index in [4.69, 9.17) is 11.6 Å². The minimum Gasteiger partial charge on any atom is -0.318 e. The first-order chi connectivity index (χ1) is 9.56. The summed E-state index contributed by atoms with van der Waals surface area (Å²) in [6, 6.07) is 13.8. The van der Waals surface area contributed by atoms with Crippen molar-refractivity contribution in [1.29, 1.82) is 0 Å². The Morgan fingerprint density at radius 2 is 1.50 bits per heavy atom. The Morgan fingerprint density at radius 3 is 2.15 bits per heavy atom. The molecular weight excluding hydrogens is 391 g/mol. The Hall–Kier alpha value is -1.60. The van der Waals surface area contributed by atoms with Crippen LogP contribution in [0, 0.1) is 3.57 Å². The van der Waals surface area contributed by atoms with Crippen LogP contribution in [-0.4, -0.2) is 11.8 Å². The first-order valence-electron chi connectivity index (χ1n) is 5.68. The van der Waals surface area contributed by atoms with Gasteiger partial charge in [0.05, 0.1) is 10.7 Å². The summed E-state index contributed by atoms with van der Waals surface area (Å²) in [6.45, 7) is 0. The monoisotopic (exact) mass is 400 g/mol. The smallest absolute Gasteiger partial charge is 0.314 e. The molecule has 0 heterocycles. The van der Waals surface area contributed by atoms with Gasteiger partial charge in [-0.15, -0.1) is 0 Å². The zero-order valence-corrected chi connectivity index (χ0v) is 13.1. The molecule has 2 aromatic carbocycles. The van der Waals surface area contributed by atoms with Crippen molar-refractivity contribution < 1.29 is 9.59 Å². The van der Waals surface area contributed by atoms with E-state index in [1.54, 1.807) is 36.4 Å². The molecule has 0 unspecified atom stereocenters. The van der Waals surface area contributed by atoms with Crippen molar-refractivity contribution in [1.82, 2.24) is 0 Å². The molecular formula is C14H10ClIN2O2. The van der Waals surface area contributed by atoms with Crippen LogP contribution in [0.4, 0.5) is 11.4 Å². The largest absolute Gasteiger partial charge is 0.318 e. The molecule has 0 radical (unpaired) electrons. The fourth-order valence-electron chi connectivity index (χ4n) is 1.46. The van der Waals surface area contributed by atoms with Crippen LogP contribution in [0.3, 0.4) is 0 Å². The Kier molecular flexibility index (Phi) is 4.97. The Morgan fingerprint density at radius 1 is 0.900 bits per heavy atom. The zero-order valence-electron chi connectivity index (χ0n) is 10.2. The summed E-state index contributed by atoms with van der Waals surface area (Å²) < 4.78 is 1.04. The zero-order chi connectivity index (χ0) is 14.5. The highest BCUT2D eigenvalue weighted by Crippen LogP contribution is 2.20. The number of benzene rings is 2. The van der Waals surface area contributed by atoms with Crippen LogP contribution in [-0.2, 0) is 9.59 Å². The van der Waals surface area contributed by atoms with Gasteiger partial charge in [-0.1, -0.05) is 23.7 Å². The van der Waals surface area contributed by atoms with Gasteiger partial charge in [0.1, 0.15) is 0 Å². The Balaban J connectivity index is 2.01. The normalized spacial score (nSPS) is 9.90. The van der Waals surface area contributed by atoms with Gasteiger partial charge < -0.3 is 10.6 Å². The van der Waals surface area contributed by atoms with Gasteiger partial charge in [0.2, 0.25) is 0 Å². The van der Waals surface area contributed by atoms with Gasteiger partial charge in [0.15, 0.2) is 0 Å². The first-order valence-corrected chi connectivity index (χ1v) is 7.14. The summed E-state index contributed by atoms with van der Waals surface area (Å²) in [4.78, 5) is 23.5. The Labute approximate surface area is 134 Å². The standard InChI is InChI=1S/C14H10ClIN2O2/c15-11-3-1-2-4-12(11)18-14(20)13(19)17-10-7-5-9(16)6-8-10/h1-8H,(H,17,19)(H,18,20). The molecule has 102 valence electrons. The van der Waals surface area contributed by atoms with Crippen LogP contribution in [0.15, 0.2) is 48.5 Å². The van der Waals surface area contributed by atoms with Gasteiger partial charge in [-0.2, -0.15) is 0 Å². The van der Waals surface area contributed by atoms with Gasteiger partial charge in [-0.05, 0) is 59.0 Å². The molecule has 20 heavy (non-hydrogen) atoms. The lowest BCUT2D eigenvalue weighted by molar-refractivity contribution is -0.132. The summed E-state index contributed by atoms with van der Waals surface area (Å²) >= 11 is 8.06.